The van der Waals surface area contributed by atoms with Crippen molar-refractivity contribution in [3.8, 4) is 0 Å². The van der Waals surface area contributed by atoms with Crippen molar-refractivity contribution in [1.29, 1.82) is 0 Å². The number of anilines is 1. The van der Waals surface area contributed by atoms with Gasteiger partial charge in [0.1, 0.15) is 5.69 Å². The predicted octanol–water partition coefficient (Wildman–Crippen LogP) is 2.74. The van der Waals surface area contributed by atoms with Gasteiger partial charge in [-0.15, -0.1) is 0 Å². The Labute approximate surface area is 125 Å². The molecule has 0 atom stereocenters. The molecular formula is C15H14BrN3O. The topological polar surface area (TPSA) is 54.0 Å². The Morgan fingerprint density at radius 2 is 2.20 bits per heavy atom. The van der Waals surface area contributed by atoms with E-state index in [9.17, 15) is 4.79 Å². The molecular weight excluding hydrogens is 318 g/mol. The van der Waals surface area contributed by atoms with Crippen LogP contribution < -0.4 is 10.6 Å². The van der Waals surface area contributed by atoms with Gasteiger partial charge in [0.2, 0.25) is 0 Å². The first kappa shape index (κ1) is 13.3. The van der Waals surface area contributed by atoms with Crippen molar-refractivity contribution in [2.45, 2.75) is 13.0 Å². The van der Waals surface area contributed by atoms with Gasteiger partial charge in [-0.3, -0.25) is 4.79 Å². The maximum absolute atomic E-state index is 12.3. The average Bonchev–Trinajstić information content (AvgIpc) is 2.48. The number of nitrogens with one attached hydrogen (secondary N) is 2. The van der Waals surface area contributed by atoms with Crippen LogP contribution in [0, 0.1) is 0 Å². The zero-order valence-corrected chi connectivity index (χ0v) is 12.4. The summed E-state index contributed by atoms with van der Waals surface area (Å²) in [6.45, 7) is 1.79. The summed E-state index contributed by atoms with van der Waals surface area (Å²) in [6, 6.07) is 9.60. The predicted molar refractivity (Wildman–Crippen MR) is 81.7 cm³/mol. The number of hydrogen-bond donors (Lipinski definition) is 2. The third kappa shape index (κ3) is 2.59. The van der Waals surface area contributed by atoms with Gasteiger partial charge in [0, 0.05) is 22.9 Å². The molecule has 20 heavy (non-hydrogen) atoms. The first-order valence-corrected chi connectivity index (χ1v) is 7.28. The summed E-state index contributed by atoms with van der Waals surface area (Å²) in [6.07, 6.45) is 2.54. The van der Waals surface area contributed by atoms with E-state index in [2.05, 4.69) is 37.6 Å². The van der Waals surface area contributed by atoms with Crippen LogP contribution in [0.25, 0.3) is 0 Å². The Kier molecular flexibility index (Phi) is 3.80. The Hall–Kier alpha value is -1.72. The van der Waals surface area contributed by atoms with Gasteiger partial charge in [0.25, 0.3) is 5.91 Å². The van der Waals surface area contributed by atoms with E-state index in [-0.39, 0.29) is 5.91 Å². The molecule has 0 saturated heterocycles. The number of rotatable bonds is 2. The standard InChI is InChI=1S/C15H14BrN3O/c16-12-4-2-7-18-14(12)15(20)19-13-5-1-3-10-9-17-8-6-11(10)13/h1-5,7,17H,6,8-9H2,(H,19,20). The number of carbonyl (C=O) groups excluding carboxylic acids is 1. The van der Waals surface area contributed by atoms with Crippen LogP contribution in [0.4, 0.5) is 5.69 Å². The molecule has 0 fully saturated rings. The molecule has 2 heterocycles. The minimum atomic E-state index is -0.190. The fourth-order valence-electron chi connectivity index (χ4n) is 2.38. The van der Waals surface area contributed by atoms with Gasteiger partial charge < -0.3 is 10.6 Å². The zero-order chi connectivity index (χ0) is 13.9. The van der Waals surface area contributed by atoms with E-state index < -0.39 is 0 Å². The van der Waals surface area contributed by atoms with Crippen LogP contribution in [0.1, 0.15) is 21.6 Å². The lowest BCUT2D eigenvalue weighted by Crippen LogP contribution is -2.25. The number of pyridine rings is 1. The van der Waals surface area contributed by atoms with E-state index in [4.69, 9.17) is 0 Å². The largest absolute Gasteiger partial charge is 0.320 e. The van der Waals surface area contributed by atoms with E-state index in [1.807, 2.05) is 18.2 Å². The second-order valence-electron chi connectivity index (χ2n) is 4.66. The lowest BCUT2D eigenvalue weighted by atomic mass is 9.99. The quantitative estimate of drug-likeness (QED) is 0.889. The van der Waals surface area contributed by atoms with Crippen LogP contribution in [0.3, 0.4) is 0 Å². The average molecular weight is 332 g/mol. The molecule has 5 heteroatoms. The van der Waals surface area contributed by atoms with Gasteiger partial charge in [0.15, 0.2) is 0 Å². The molecule has 1 aromatic heterocycles. The van der Waals surface area contributed by atoms with Crippen LogP contribution in [0.2, 0.25) is 0 Å². The summed E-state index contributed by atoms with van der Waals surface area (Å²) in [7, 11) is 0. The molecule has 1 aliphatic rings. The molecule has 2 aromatic rings. The third-order valence-electron chi connectivity index (χ3n) is 3.36. The fraction of sp³-hybridized carbons (Fsp3) is 0.200. The lowest BCUT2D eigenvalue weighted by molar-refractivity contribution is 0.102. The molecule has 1 aliphatic heterocycles. The Bertz CT molecular complexity index is 657. The van der Waals surface area contributed by atoms with Gasteiger partial charge in [-0.05, 0) is 58.2 Å². The number of nitrogens with zero attached hydrogens (tertiary/aromatic N) is 1. The number of benzene rings is 1. The number of fused-ring (bicyclic) bond motifs is 1. The van der Waals surface area contributed by atoms with E-state index in [1.165, 1.54) is 11.1 Å². The second-order valence-corrected chi connectivity index (χ2v) is 5.51. The van der Waals surface area contributed by atoms with Gasteiger partial charge in [-0.2, -0.15) is 0 Å². The molecule has 0 saturated carbocycles. The lowest BCUT2D eigenvalue weighted by Gasteiger charge is -2.20. The van der Waals surface area contributed by atoms with Crippen molar-refractivity contribution in [1.82, 2.24) is 10.3 Å². The third-order valence-corrected chi connectivity index (χ3v) is 4.00. The number of carbonyl (C=O) groups is 1. The Morgan fingerprint density at radius 3 is 3.05 bits per heavy atom. The maximum Gasteiger partial charge on any atom is 0.275 e. The SMILES string of the molecule is O=C(Nc1cccc2c1CCNC2)c1ncccc1Br. The van der Waals surface area contributed by atoms with E-state index in [1.54, 1.807) is 12.3 Å². The van der Waals surface area contributed by atoms with E-state index >= 15 is 0 Å². The van der Waals surface area contributed by atoms with E-state index in [0.29, 0.717) is 10.2 Å². The molecule has 1 aromatic carbocycles. The molecule has 3 rings (SSSR count). The molecule has 0 radical (unpaired) electrons. The van der Waals surface area contributed by atoms with Crippen LogP contribution in [-0.2, 0) is 13.0 Å². The van der Waals surface area contributed by atoms with Crippen LogP contribution in [-0.4, -0.2) is 17.4 Å². The first-order chi connectivity index (χ1) is 9.75. The van der Waals surface area contributed by atoms with Crippen molar-refractivity contribution in [2.24, 2.45) is 0 Å². The highest BCUT2D eigenvalue weighted by atomic mass is 79.9. The zero-order valence-electron chi connectivity index (χ0n) is 10.8. The number of amides is 1. The van der Waals surface area contributed by atoms with Crippen molar-refractivity contribution >= 4 is 27.5 Å². The highest BCUT2D eigenvalue weighted by Gasteiger charge is 2.16. The van der Waals surface area contributed by atoms with Crippen LogP contribution in [0.5, 0.6) is 0 Å². The smallest absolute Gasteiger partial charge is 0.275 e. The van der Waals surface area contributed by atoms with Crippen LogP contribution in [0.15, 0.2) is 41.0 Å². The fourth-order valence-corrected chi connectivity index (χ4v) is 2.82. The van der Waals surface area contributed by atoms with Gasteiger partial charge in [-0.1, -0.05) is 12.1 Å². The highest BCUT2D eigenvalue weighted by molar-refractivity contribution is 9.10. The summed E-state index contributed by atoms with van der Waals surface area (Å²) >= 11 is 3.35. The van der Waals surface area contributed by atoms with Crippen molar-refractivity contribution in [2.75, 3.05) is 11.9 Å². The minimum absolute atomic E-state index is 0.190. The Morgan fingerprint density at radius 1 is 1.30 bits per heavy atom. The molecule has 0 aliphatic carbocycles. The van der Waals surface area contributed by atoms with Crippen molar-refractivity contribution < 1.29 is 4.79 Å². The Balaban J connectivity index is 1.89. The molecule has 4 nitrogen and oxygen atoms in total. The van der Waals surface area contributed by atoms with Crippen molar-refractivity contribution in [3.63, 3.8) is 0 Å². The first-order valence-electron chi connectivity index (χ1n) is 6.49. The number of hydrogen-bond acceptors (Lipinski definition) is 3. The second kappa shape index (κ2) is 5.73. The molecule has 1 amide bonds. The monoisotopic (exact) mass is 331 g/mol. The molecule has 2 N–H and O–H groups in total. The minimum Gasteiger partial charge on any atom is -0.320 e. The maximum atomic E-state index is 12.3. The highest BCUT2D eigenvalue weighted by Crippen LogP contribution is 2.24. The van der Waals surface area contributed by atoms with Gasteiger partial charge in [-0.25, -0.2) is 4.98 Å². The molecule has 0 bridgehead atoms. The van der Waals surface area contributed by atoms with Gasteiger partial charge in [0.05, 0.1) is 0 Å². The summed E-state index contributed by atoms with van der Waals surface area (Å²) in [5.74, 6) is -0.190. The van der Waals surface area contributed by atoms with Crippen molar-refractivity contribution in [3.05, 3.63) is 57.8 Å². The molecule has 102 valence electrons. The summed E-state index contributed by atoms with van der Waals surface area (Å²) in [4.78, 5) is 16.4. The molecule has 0 spiro atoms. The summed E-state index contributed by atoms with van der Waals surface area (Å²) in [5.41, 5.74) is 3.74. The van der Waals surface area contributed by atoms with Crippen LogP contribution >= 0.6 is 15.9 Å². The number of halogens is 1. The number of aromatic nitrogens is 1. The molecule has 0 unspecified atom stereocenters. The summed E-state index contributed by atoms with van der Waals surface area (Å²) < 4.78 is 0.698. The van der Waals surface area contributed by atoms with E-state index in [0.717, 1.165) is 25.2 Å². The summed E-state index contributed by atoms with van der Waals surface area (Å²) in [5, 5.41) is 6.30. The normalized spacial score (nSPS) is 13.7. The van der Waals surface area contributed by atoms with Gasteiger partial charge >= 0.3 is 0 Å².